The molecule has 1 aliphatic heterocycles. The van der Waals surface area contributed by atoms with Crippen molar-refractivity contribution in [2.24, 2.45) is 0 Å². The number of carboxylic acids is 2. The van der Waals surface area contributed by atoms with E-state index in [0.29, 0.717) is 6.54 Å². The first-order chi connectivity index (χ1) is 16.0. The van der Waals surface area contributed by atoms with Gasteiger partial charge in [-0.15, -0.1) is 0 Å². The molecule has 0 radical (unpaired) electrons. The average molecular weight is 515 g/mol. The van der Waals surface area contributed by atoms with Gasteiger partial charge >= 0.3 is 24.3 Å². The second kappa shape index (κ2) is 12.2. The Labute approximate surface area is 195 Å². The van der Waals surface area contributed by atoms with E-state index in [0.717, 1.165) is 42.8 Å². The molecule has 0 aromatic carbocycles. The monoisotopic (exact) mass is 515 g/mol. The molecule has 196 valence electrons. The van der Waals surface area contributed by atoms with Crippen LogP contribution in [0.15, 0.2) is 18.6 Å². The summed E-state index contributed by atoms with van der Waals surface area (Å²) < 4.78 is 65.7. The van der Waals surface area contributed by atoms with E-state index >= 15 is 0 Å². The predicted octanol–water partition coefficient (Wildman–Crippen LogP) is 2.06. The van der Waals surface area contributed by atoms with Gasteiger partial charge < -0.3 is 25.0 Å². The van der Waals surface area contributed by atoms with Gasteiger partial charge in [0.15, 0.2) is 0 Å². The van der Waals surface area contributed by atoms with Gasteiger partial charge in [0.2, 0.25) is 0 Å². The lowest BCUT2D eigenvalue weighted by atomic mass is 10.4. The van der Waals surface area contributed by atoms with Crippen molar-refractivity contribution in [1.29, 1.82) is 0 Å². The number of aliphatic carboxylic acids is 2. The van der Waals surface area contributed by atoms with Crippen LogP contribution < -0.4 is 10.2 Å². The highest BCUT2D eigenvalue weighted by molar-refractivity contribution is 5.73. The summed E-state index contributed by atoms with van der Waals surface area (Å²) in [6.45, 7) is 3.68. The number of carbonyl (C=O) groups is 2. The molecule has 0 unspecified atom stereocenters. The summed E-state index contributed by atoms with van der Waals surface area (Å²) in [6.07, 6.45) is -6.46. The van der Waals surface area contributed by atoms with E-state index in [2.05, 4.69) is 43.0 Å². The molecule has 17 heteroatoms. The van der Waals surface area contributed by atoms with E-state index < -0.39 is 24.3 Å². The number of halogens is 6. The van der Waals surface area contributed by atoms with Crippen molar-refractivity contribution >= 4 is 23.6 Å². The molecule has 1 aliphatic rings. The van der Waals surface area contributed by atoms with Crippen LogP contribution in [-0.2, 0) is 29.2 Å². The highest BCUT2D eigenvalue weighted by Gasteiger charge is 2.38. The third kappa shape index (κ3) is 10.4. The summed E-state index contributed by atoms with van der Waals surface area (Å²) in [5.74, 6) is -2.67. The molecule has 0 aliphatic carbocycles. The van der Waals surface area contributed by atoms with Crippen LogP contribution in [0.5, 0.6) is 0 Å². The number of nitrogens with one attached hydrogen (secondary N) is 1. The zero-order valence-electron chi connectivity index (χ0n) is 18.7. The number of hydrogen-bond donors (Lipinski definition) is 3. The predicted molar refractivity (Wildman–Crippen MR) is 110 cm³/mol. The van der Waals surface area contributed by atoms with Crippen LogP contribution in [0.2, 0.25) is 0 Å². The highest BCUT2D eigenvalue weighted by Crippen LogP contribution is 2.15. The van der Waals surface area contributed by atoms with Crippen molar-refractivity contribution in [3.05, 3.63) is 30.1 Å². The van der Waals surface area contributed by atoms with Gasteiger partial charge in [0.05, 0.1) is 18.8 Å². The van der Waals surface area contributed by atoms with Gasteiger partial charge in [-0.25, -0.2) is 24.5 Å². The molecule has 0 spiro atoms. The summed E-state index contributed by atoms with van der Waals surface area (Å²) in [7, 11) is 6.05. The van der Waals surface area contributed by atoms with Gasteiger partial charge in [-0.2, -0.15) is 26.3 Å². The molecule has 3 heterocycles. The molecule has 2 aromatic heterocycles. The number of rotatable bonds is 4. The summed E-state index contributed by atoms with van der Waals surface area (Å²) in [5, 5.41) is 17.6. The molecular weight excluding hydrogens is 492 g/mol. The third-order valence-corrected chi connectivity index (χ3v) is 4.09. The maximum atomic E-state index is 10.6. The second-order valence-corrected chi connectivity index (χ2v) is 7.19. The molecule has 0 atom stereocenters. The van der Waals surface area contributed by atoms with E-state index in [9.17, 15) is 26.3 Å². The molecule has 0 saturated heterocycles. The fourth-order valence-corrected chi connectivity index (χ4v) is 2.39. The SMILES string of the molecule is CN1CCn2cc(CNc3cc(N(C)C)ncn3)nc2C1.O=C(O)C(F)(F)F.O=C(O)C(F)(F)F. The van der Waals surface area contributed by atoms with Gasteiger partial charge in [-0.3, -0.25) is 4.90 Å². The quantitative estimate of drug-likeness (QED) is 0.519. The number of likely N-dealkylation sites (N-methyl/N-ethyl adjacent to an activating group) is 1. The minimum Gasteiger partial charge on any atom is -0.475 e. The van der Waals surface area contributed by atoms with Crippen LogP contribution in [0.3, 0.4) is 0 Å². The van der Waals surface area contributed by atoms with Gasteiger partial charge in [-0.1, -0.05) is 0 Å². The summed E-state index contributed by atoms with van der Waals surface area (Å²) >= 11 is 0. The average Bonchev–Trinajstić information content (AvgIpc) is 3.14. The number of nitrogens with zero attached hydrogens (tertiary/aromatic N) is 6. The molecule has 0 fully saturated rings. The Morgan fingerprint density at radius 2 is 1.60 bits per heavy atom. The molecule has 35 heavy (non-hydrogen) atoms. The number of fused-ring (bicyclic) bond motifs is 1. The lowest BCUT2D eigenvalue weighted by Gasteiger charge is -2.22. The van der Waals surface area contributed by atoms with Gasteiger partial charge in [0.25, 0.3) is 0 Å². The Morgan fingerprint density at radius 1 is 1.06 bits per heavy atom. The Bertz CT molecular complexity index is 970. The number of carboxylic acid groups (broad SMARTS) is 2. The normalized spacial score (nSPS) is 13.4. The van der Waals surface area contributed by atoms with Crippen molar-refractivity contribution in [1.82, 2.24) is 24.4 Å². The maximum absolute atomic E-state index is 10.6. The van der Waals surface area contributed by atoms with Crippen LogP contribution in [-0.4, -0.2) is 86.6 Å². The lowest BCUT2D eigenvalue weighted by Crippen LogP contribution is -2.30. The largest absolute Gasteiger partial charge is 0.490 e. The van der Waals surface area contributed by atoms with Crippen LogP contribution in [0.25, 0.3) is 0 Å². The Kier molecular flexibility index (Phi) is 10.2. The zero-order chi connectivity index (χ0) is 27.0. The van der Waals surface area contributed by atoms with E-state index in [4.69, 9.17) is 19.8 Å². The van der Waals surface area contributed by atoms with Crippen LogP contribution in [0, 0.1) is 0 Å². The van der Waals surface area contributed by atoms with E-state index in [1.165, 1.54) is 0 Å². The van der Waals surface area contributed by atoms with E-state index in [1.807, 2.05) is 25.1 Å². The van der Waals surface area contributed by atoms with Crippen LogP contribution >= 0.6 is 0 Å². The van der Waals surface area contributed by atoms with Crippen molar-refractivity contribution in [3.8, 4) is 0 Å². The molecule has 0 amide bonds. The smallest absolute Gasteiger partial charge is 0.475 e. The molecule has 2 aromatic rings. The number of aromatic nitrogens is 4. The third-order valence-electron chi connectivity index (χ3n) is 4.09. The lowest BCUT2D eigenvalue weighted by molar-refractivity contribution is -0.193. The van der Waals surface area contributed by atoms with E-state index in [1.54, 1.807) is 6.33 Å². The maximum Gasteiger partial charge on any atom is 0.490 e. The fraction of sp³-hybridized carbons (Fsp3) is 0.500. The molecule has 0 saturated carbocycles. The number of hydrogen-bond acceptors (Lipinski definition) is 8. The molecule has 3 rings (SSSR count). The Hall–Kier alpha value is -3.63. The molecule has 3 N–H and O–H groups in total. The second-order valence-electron chi connectivity index (χ2n) is 7.19. The van der Waals surface area contributed by atoms with Crippen molar-refractivity contribution in [3.63, 3.8) is 0 Å². The standard InChI is InChI=1S/C14H21N7.2C2HF3O2/c1-19(2)13-6-12(16-10-17-13)15-7-11-8-21-5-4-20(3)9-14(21)18-11;2*3-2(4,5)1(6)7/h6,8,10H,4-5,7,9H2,1-3H3,(H,15,16,17);2*(H,6,7). The van der Waals surface area contributed by atoms with Crippen molar-refractivity contribution in [2.75, 3.05) is 37.9 Å². The van der Waals surface area contributed by atoms with Crippen LogP contribution in [0.1, 0.15) is 11.5 Å². The summed E-state index contributed by atoms with van der Waals surface area (Å²) in [6, 6.07) is 1.93. The van der Waals surface area contributed by atoms with Crippen molar-refractivity contribution in [2.45, 2.75) is 32.0 Å². The minimum atomic E-state index is -5.08. The van der Waals surface area contributed by atoms with Gasteiger partial charge in [0, 0.05) is 39.4 Å². The summed E-state index contributed by atoms with van der Waals surface area (Å²) in [4.78, 5) is 35.2. The highest BCUT2D eigenvalue weighted by atomic mass is 19.4. The first-order valence-electron chi connectivity index (χ1n) is 9.57. The fourth-order valence-electron chi connectivity index (χ4n) is 2.39. The van der Waals surface area contributed by atoms with Crippen molar-refractivity contribution < 1.29 is 46.1 Å². The van der Waals surface area contributed by atoms with Gasteiger partial charge in [-0.05, 0) is 7.05 Å². The Balaban J connectivity index is 0.000000362. The first kappa shape index (κ1) is 29.4. The first-order valence-corrected chi connectivity index (χ1v) is 9.57. The summed E-state index contributed by atoms with van der Waals surface area (Å²) in [5.41, 5.74) is 1.05. The van der Waals surface area contributed by atoms with Crippen LogP contribution in [0.4, 0.5) is 38.0 Å². The topological polar surface area (TPSA) is 137 Å². The number of anilines is 2. The number of imidazole rings is 1. The zero-order valence-corrected chi connectivity index (χ0v) is 18.7. The molecule has 11 nitrogen and oxygen atoms in total. The van der Waals surface area contributed by atoms with Gasteiger partial charge in [0.1, 0.15) is 23.8 Å². The Morgan fingerprint density at radius 3 is 2.09 bits per heavy atom. The van der Waals surface area contributed by atoms with E-state index in [-0.39, 0.29) is 0 Å². The number of alkyl halides is 6. The minimum absolute atomic E-state index is 0.674. The molecule has 0 bridgehead atoms. The molecular formula is C18H23F6N7O4.